The molecule has 0 saturated carbocycles. The first-order valence-electron chi connectivity index (χ1n) is 12.0. The van der Waals surface area contributed by atoms with Crippen molar-refractivity contribution in [3.8, 4) is 0 Å². The molecule has 2 atom stereocenters. The highest BCUT2D eigenvalue weighted by Crippen LogP contribution is 2.41. The van der Waals surface area contributed by atoms with Crippen LogP contribution in [0.4, 0.5) is 0 Å². The molecule has 12 heteroatoms. The molecule has 0 aliphatic carbocycles. The highest BCUT2D eigenvalue weighted by atomic mass is 35.5. The Balaban J connectivity index is 1.34. The second-order valence-corrected chi connectivity index (χ2v) is 13.2. The molecule has 2 N–H and O–H groups in total. The van der Waals surface area contributed by atoms with E-state index in [0.717, 1.165) is 50.7 Å². The van der Waals surface area contributed by atoms with Crippen LogP contribution >= 0.6 is 46.5 Å². The van der Waals surface area contributed by atoms with E-state index >= 15 is 0 Å². The molecule has 2 aliphatic heterocycles. The van der Waals surface area contributed by atoms with Crippen molar-refractivity contribution in [2.75, 3.05) is 52.3 Å². The van der Waals surface area contributed by atoms with Crippen molar-refractivity contribution < 1.29 is 18.9 Å². The molecule has 1 saturated heterocycles. The standard InChI is InChI=1S/C25H30ClN5O3S3/c1-27-11-7-13-31(2,3)12-6-8-16-14-35-24-20(23(34)30(24)21(16)22(26)33)29-19(32)15-36-25-28-17-9-4-5-10-18(17)37-25/h4-6,8-10,20,24,27H,7,11-15H2,1-3H3/p+1/b8-6+/t20-,24-/m1/s1. The third kappa shape index (κ3) is 6.76. The normalized spacial score (nSPS) is 19.9. The molecule has 2 aromatic rings. The molecule has 0 unspecified atom stereocenters. The summed E-state index contributed by atoms with van der Waals surface area (Å²) in [4.78, 5) is 43.8. The van der Waals surface area contributed by atoms with Gasteiger partial charge in [-0.2, -0.15) is 0 Å². The Bertz CT molecular complexity index is 1210. The number of β-lactam (4-membered cyclic amide) rings is 1. The van der Waals surface area contributed by atoms with E-state index in [-0.39, 0.29) is 28.6 Å². The summed E-state index contributed by atoms with van der Waals surface area (Å²) in [7, 11) is 6.27. The fourth-order valence-electron chi connectivity index (χ4n) is 4.26. The van der Waals surface area contributed by atoms with Crippen LogP contribution in [-0.2, 0) is 14.4 Å². The van der Waals surface area contributed by atoms with E-state index in [1.165, 1.54) is 39.8 Å². The zero-order valence-electron chi connectivity index (χ0n) is 21.0. The summed E-state index contributed by atoms with van der Waals surface area (Å²) in [5.74, 6) is 0.149. The van der Waals surface area contributed by atoms with Crippen LogP contribution in [-0.4, -0.2) is 95.1 Å². The Morgan fingerprint density at radius 1 is 1.32 bits per heavy atom. The predicted molar refractivity (Wildman–Crippen MR) is 153 cm³/mol. The number of nitrogens with zero attached hydrogens (tertiary/aromatic N) is 3. The monoisotopic (exact) mass is 580 g/mol. The van der Waals surface area contributed by atoms with Crippen LogP contribution in [0.15, 0.2) is 52.0 Å². The Kier molecular flexibility index (Phi) is 9.36. The van der Waals surface area contributed by atoms with Gasteiger partial charge in [0, 0.05) is 18.7 Å². The number of hydrogen-bond acceptors (Lipinski definition) is 8. The number of rotatable bonds is 12. The first kappa shape index (κ1) is 28.1. The number of benzene rings is 1. The summed E-state index contributed by atoms with van der Waals surface area (Å²) in [6.07, 6.45) is 5.01. The molecule has 0 radical (unpaired) electrons. The number of likely N-dealkylation sites (N-methyl/N-ethyl adjacent to an activating group) is 1. The van der Waals surface area contributed by atoms with Gasteiger partial charge in [-0.15, -0.1) is 23.1 Å². The minimum Gasteiger partial charge on any atom is -0.341 e. The molecule has 4 rings (SSSR count). The van der Waals surface area contributed by atoms with E-state index in [4.69, 9.17) is 11.6 Å². The van der Waals surface area contributed by atoms with Gasteiger partial charge in [0.2, 0.25) is 5.91 Å². The number of fused-ring (bicyclic) bond motifs is 2. The average molecular weight is 581 g/mol. The lowest BCUT2D eigenvalue weighted by molar-refractivity contribution is -0.884. The van der Waals surface area contributed by atoms with Gasteiger partial charge in [0.1, 0.15) is 17.1 Å². The third-order valence-corrected chi connectivity index (χ3v) is 9.87. The van der Waals surface area contributed by atoms with Crippen molar-refractivity contribution >= 4 is 73.7 Å². The van der Waals surface area contributed by atoms with Crippen molar-refractivity contribution in [1.82, 2.24) is 20.5 Å². The summed E-state index contributed by atoms with van der Waals surface area (Å²) >= 11 is 10.3. The molecule has 1 aromatic heterocycles. The predicted octanol–water partition coefficient (Wildman–Crippen LogP) is 3.05. The lowest BCUT2D eigenvalue weighted by Gasteiger charge is -2.49. The zero-order valence-corrected chi connectivity index (χ0v) is 24.2. The van der Waals surface area contributed by atoms with Gasteiger partial charge in [-0.3, -0.25) is 19.3 Å². The van der Waals surface area contributed by atoms with E-state index in [0.29, 0.717) is 5.75 Å². The minimum absolute atomic E-state index is 0.161. The molecule has 2 amide bonds. The topological polar surface area (TPSA) is 91.4 Å². The van der Waals surface area contributed by atoms with E-state index in [2.05, 4.69) is 29.7 Å². The molecule has 0 bridgehead atoms. The minimum atomic E-state index is -0.673. The summed E-state index contributed by atoms with van der Waals surface area (Å²) in [6, 6.07) is 7.15. The molecular weight excluding hydrogens is 550 g/mol. The molecule has 198 valence electrons. The Morgan fingerprint density at radius 2 is 2.11 bits per heavy atom. The van der Waals surface area contributed by atoms with Crippen LogP contribution in [0, 0.1) is 0 Å². The molecule has 0 spiro atoms. The van der Waals surface area contributed by atoms with Crippen LogP contribution in [0.5, 0.6) is 0 Å². The van der Waals surface area contributed by atoms with Crippen molar-refractivity contribution in [2.45, 2.75) is 22.2 Å². The van der Waals surface area contributed by atoms with Gasteiger partial charge in [0.05, 0.1) is 43.2 Å². The summed E-state index contributed by atoms with van der Waals surface area (Å²) in [5, 5.41) is 5.00. The highest BCUT2D eigenvalue weighted by molar-refractivity contribution is 8.01. The number of quaternary nitrogens is 1. The van der Waals surface area contributed by atoms with Crippen LogP contribution < -0.4 is 10.6 Å². The maximum atomic E-state index is 13.0. The maximum Gasteiger partial charge on any atom is 0.269 e. The maximum absolute atomic E-state index is 13.0. The Hall–Kier alpha value is -1.89. The van der Waals surface area contributed by atoms with Gasteiger partial charge in [-0.05, 0) is 42.4 Å². The largest absolute Gasteiger partial charge is 0.341 e. The second kappa shape index (κ2) is 12.3. The number of allylic oxidation sites excluding steroid dienone is 2. The first-order chi connectivity index (χ1) is 17.7. The van der Waals surface area contributed by atoms with Gasteiger partial charge >= 0.3 is 0 Å². The number of carbonyl (C=O) groups is 3. The zero-order chi connectivity index (χ0) is 26.6. The van der Waals surface area contributed by atoms with Crippen molar-refractivity contribution in [1.29, 1.82) is 0 Å². The van der Waals surface area contributed by atoms with Crippen LogP contribution in [0.25, 0.3) is 10.2 Å². The average Bonchev–Trinajstić information content (AvgIpc) is 3.28. The fourth-order valence-corrected chi connectivity index (χ4v) is 7.67. The Labute approximate surface area is 234 Å². The second-order valence-electron chi connectivity index (χ2n) is 9.54. The highest BCUT2D eigenvalue weighted by Gasteiger charge is 2.53. The number of thiazole rings is 1. The number of nitrogens with one attached hydrogen (secondary N) is 2. The van der Waals surface area contributed by atoms with Gasteiger partial charge in [-0.25, -0.2) is 4.98 Å². The van der Waals surface area contributed by atoms with E-state index in [1.54, 1.807) is 0 Å². The number of aromatic nitrogens is 1. The fraction of sp³-hybridized carbons (Fsp3) is 0.440. The quantitative estimate of drug-likeness (QED) is 0.131. The van der Waals surface area contributed by atoms with Crippen molar-refractivity contribution in [2.24, 2.45) is 0 Å². The first-order valence-corrected chi connectivity index (χ1v) is 15.2. The van der Waals surface area contributed by atoms with Gasteiger partial charge in [0.15, 0.2) is 4.34 Å². The van der Waals surface area contributed by atoms with E-state index in [9.17, 15) is 14.4 Å². The number of amides is 2. The SMILES string of the molecule is CNCCC[N+](C)(C)C/C=C/C1=C(C(=O)Cl)N2C(=O)[C@@H](NC(=O)CSc3nc4ccccc4s3)[C@H]2SC1. The molecular formula is C25H31ClN5O3S3+. The summed E-state index contributed by atoms with van der Waals surface area (Å²) < 4.78 is 2.69. The lowest BCUT2D eigenvalue weighted by atomic mass is 10.0. The third-order valence-electron chi connectivity index (χ3n) is 6.21. The van der Waals surface area contributed by atoms with Crippen LogP contribution in [0.1, 0.15) is 6.42 Å². The van der Waals surface area contributed by atoms with Crippen molar-refractivity contribution in [3.05, 3.63) is 47.7 Å². The molecule has 3 heterocycles. The number of halogens is 1. The van der Waals surface area contributed by atoms with E-state index in [1.807, 2.05) is 43.5 Å². The van der Waals surface area contributed by atoms with Crippen LogP contribution in [0.3, 0.4) is 0 Å². The summed E-state index contributed by atoms with van der Waals surface area (Å²) in [5.41, 5.74) is 1.87. The smallest absolute Gasteiger partial charge is 0.269 e. The summed E-state index contributed by atoms with van der Waals surface area (Å²) in [6.45, 7) is 2.78. The van der Waals surface area contributed by atoms with Crippen molar-refractivity contribution in [3.63, 3.8) is 0 Å². The Morgan fingerprint density at radius 3 is 2.84 bits per heavy atom. The van der Waals surface area contributed by atoms with E-state index < -0.39 is 11.3 Å². The number of hydrogen-bond donors (Lipinski definition) is 2. The number of para-hydroxylation sites is 1. The van der Waals surface area contributed by atoms with Crippen LogP contribution in [0.2, 0.25) is 0 Å². The molecule has 8 nitrogen and oxygen atoms in total. The number of thioether (sulfide) groups is 2. The molecule has 1 aromatic carbocycles. The molecule has 1 fully saturated rings. The number of carbonyl (C=O) groups excluding carboxylic acids is 3. The van der Waals surface area contributed by atoms with Gasteiger partial charge < -0.3 is 15.1 Å². The molecule has 37 heavy (non-hydrogen) atoms. The molecule has 2 aliphatic rings. The van der Waals surface area contributed by atoms with Gasteiger partial charge in [-0.1, -0.05) is 30.0 Å². The lowest BCUT2D eigenvalue weighted by Crippen LogP contribution is -2.70. The van der Waals surface area contributed by atoms with Gasteiger partial charge in [0.25, 0.3) is 11.1 Å².